The van der Waals surface area contributed by atoms with Gasteiger partial charge in [0.15, 0.2) is 0 Å². The minimum Gasteiger partial charge on any atom is -0.481 e. The van der Waals surface area contributed by atoms with Gasteiger partial charge in [0.05, 0.1) is 5.92 Å². The highest BCUT2D eigenvalue weighted by molar-refractivity contribution is 5.92. The molecule has 3 rings (SSSR count). The van der Waals surface area contributed by atoms with E-state index in [2.05, 4.69) is 5.32 Å². The van der Waals surface area contributed by atoms with E-state index in [9.17, 15) is 14.4 Å². The molecule has 0 bridgehead atoms. The average Bonchev–Trinajstić information content (AvgIpc) is 3.45. The number of nitrogens with one attached hydrogen (secondary N) is 1. The Hall–Kier alpha value is -2.57. The topological polar surface area (TPSA) is 113 Å². The summed E-state index contributed by atoms with van der Waals surface area (Å²) in [6.45, 7) is 0.433. The Kier molecular flexibility index (Phi) is 5.44. The number of carbonyl (C=O) groups excluding carboxylic acids is 2. The molecule has 0 saturated heterocycles. The van der Waals surface area contributed by atoms with Crippen LogP contribution in [0.5, 0.6) is 0 Å². The Morgan fingerprint density at radius 3 is 2.38 bits per heavy atom. The lowest BCUT2D eigenvalue weighted by atomic mass is 9.86. The van der Waals surface area contributed by atoms with E-state index in [1.165, 1.54) is 0 Å². The third kappa shape index (κ3) is 4.53. The van der Waals surface area contributed by atoms with Gasteiger partial charge in [-0.2, -0.15) is 0 Å². The van der Waals surface area contributed by atoms with Crippen LogP contribution in [0.2, 0.25) is 0 Å². The van der Waals surface area contributed by atoms with Crippen LogP contribution in [0.3, 0.4) is 0 Å². The van der Waals surface area contributed by atoms with Gasteiger partial charge in [0, 0.05) is 24.2 Å². The number of nitrogens with zero attached hydrogens (tertiary/aromatic N) is 1. The molecule has 3 amide bonds. The lowest BCUT2D eigenvalue weighted by Gasteiger charge is -2.30. The molecule has 2 aliphatic carbocycles. The maximum Gasteiger partial charge on any atom is 0.318 e. The number of aliphatic carboxylic acids is 1. The Morgan fingerprint density at radius 2 is 1.81 bits per heavy atom. The van der Waals surface area contributed by atoms with Crippen molar-refractivity contribution in [3.8, 4) is 0 Å². The van der Waals surface area contributed by atoms with Gasteiger partial charge in [-0.3, -0.25) is 9.59 Å². The maximum absolute atomic E-state index is 12.7. The number of amides is 3. The third-order valence-corrected chi connectivity index (χ3v) is 5.22. The van der Waals surface area contributed by atoms with Gasteiger partial charge >= 0.3 is 12.0 Å². The normalized spacial score (nSPS) is 22.5. The summed E-state index contributed by atoms with van der Waals surface area (Å²) in [5.74, 6) is -1.52. The number of benzene rings is 1. The molecule has 26 heavy (non-hydrogen) atoms. The quantitative estimate of drug-likeness (QED) is 0.722. The van der Waals surface area contributed by atoms with E-state index in [0.717, 1.165) is 18.4 Å². The monoisotopic (exact) mass is 359 g/mol. The molecule has 7 heteroatoms. The molecule has 1 aromatic rings. The highest BCUT2D eigenvalue weighted by Crippen LogP contribution is 2.30. The van der Waals surface area contributed by atoms with Crippen LogP contribution in [0.15, 0.2) is 24.3 Å². The number of rotatable bonds is 6. The second-order valence-corrected chi connectivity index (χ2v) is 7.26. The van der Waals surface area contributed by atoms with Crippen LogP contribution in [0.4, 0.5) is 4.79 Å². The Bertz CT molecular complexity index is 694. The predicted octanol–water partition coefficient (Wildman–Crippen LogP) is 2.10. The number of carbonyl (C=O) groups is 3. The number of nitrogens with two attached hydrogens (primary N) is 1. The number of hydrogen-bond donors (Lipinski definition) is 3. The molecule has 0 spiro atoms. The van der Waals surface area contributed by atoms with Crippen molar-refractivity contribution in [1.82, 2.24) is 10.2 Å². The lowest BCUT2D eigenvalue weighted by molar-refractivity contribution is -0.142. The molecule has 2 aliphatic rings. The van der Waals surface area contributed by atoms with Crippen LogP contribution in [-0.4, -0.2) is 40.0 Å². The van der Waals surface area contributed by atoms with Crippen molar-refractivity contribution < 1.29 is 19.5 Å². The summed E-state index contributed by atoms with van der Waals surface area (Å²) in [6, 6.07) is 7.17. The first-order valence-corrected chi connectivity index (χ1v) is 9.12. The molecule has 140 valence electrons. The molecule has 0 heterocycles. The van der Waals surface area contributed by atoms with E-state index >= 15 is 0 Å². The summed E-state index contributed by atoms with van der Waals surface area (Å²) >= 11 is 0. The van der Waals surface area contributed by atoms with Gasteiger partial charge in [-0.1, -0.05) is 12.1 Å². The predicted molar refractivity (Wildman–Crippen MR) is 95.4 cm³/mol. The van der Waals surface area contributed by atoms with Crippen LogP contribution in [0.25, 0.3) is 0 Å². The van der Waals surface area contributed by atoms with Crippen molar-refractivity contribution in [2.45, 2.75) is 57.2 Å². The van der Waals surface area contributed by atoms with Crippen molar-refractivity contribution in [3.05, 3.63) is 35.4 Å². The van der Waals surface area contributed by atoms with Crippen LogP contribution in [-0.2, 0) is 11.3 Å². The zero-order valence-corrected chi connectivity index (χ0v) is 14.7. The summed E-state index contributed by atoms with van der Waals surface area (Å²) in [6.07, 6.45) is 4.55. The number of carboxylic acid groups (broad SMARTS) is 1. The highest BCUT2D eigenvalue weighted by atomic mass is 16.4. The van der Waals surface area contributed by atoms with Gasteiger partial charge in [0.1, 0.15) is 0 Å². The second-order valence-electron chi connectivity index (χ2n) is 7.26. The molecular formula is C19H25N3O4. The van der Waals surface area contributed by atoms with E-state index in [-0.39, 0.29) is 24.0 Å². The van der Waals surface area contributed by atoms with Gasteiger partial charge in [0.2, 0.25) is 5.91 Å². The summed E-state index contributed by atoms with van der Waals surface area (Å²) < 4.78 is 0. The third-order valence-electron chi connectivity index (χ3n) is 5.22. The fourth-order valence-electron chi connectivity index (χ4n) is 3.51. The molecule has 7 nitrogen and oxygen atoms in total. The zero-order chi connectivity index (χ0) is 18.7. The minimum absolute atomic E-state index is 0.0244. The van der Waals surface area contributed by atoms with E-state index in [1.807, 2.05) is 11.0 Å². The summed E-state index contributed by atoms with van der Waals surface area (Å²) in [5.41, 5.74) is 6.64. The van der Waals surface area contributed by atoms with Crippen LogP contribution < -0.4 is 11.1 Å². The van der Waals surface area contributed by atoms with Crippen LogP contribution >= 0.6 is 0 Å². The first-order valence-electron chi connectivity index (χ1n) is 9.12. The van der Waals surface area contributed by atoms with Crippen molar-refractivity contribution in [2.75, 3.05) is 0 Å². The highest BCUT2D eigenvalue weighted by Gasteiger charge is 2.34. The molecule has 2 saturated carbocycles. The average molecular weight is 359 g/mol. The van der Waals surface area contributed by atoms with Crippen molar-refractivity contribution in [3.63, 3.8) is 0 Å². The van der Waals surface area contributed by atoms with Crippen LogP contribution in [0, 0.1) is 5.92 Å². The molecule has 0 unspecified atom stereocenters. The van der Waals surface area contributed by atoms with Gasteiger partial charge in [-0.25, -0.2) is 4.79 Å². The second kappa shape index (κ2) is 7.76. The number of carboxylic acids is 1. The summed E-state index contributed by atoms with van der Waals surface area (Å²) in [4.78, 5) is 36.9. The van der Waals surface area contributed by atoms with Crippen LogP contribution in [0.1, 0.15) is 54.4 Å². The number of hydrogen-bond acceptors (Lipinski definition) is 3. The largest absolute Gasteiger partial charge is 0.481 e. The SMILES string of the molecule is NC(=O)c1cccc(CN(C(=O)NC2CCC(C(=O)O)CC2)C2CC2)c1. The number of urea groups is 1. The smallest absolute Gasteiger partial charge is 0.318 e. The maximum atomic E-state index is 12.7. The van der Waals surface area contributed by atoms with E-state index in [0.29, 0.717) is 37.8 Å². The van der Waals surface area contributed by atoms with E-state index < -0.39 is 11.9 Å². The summed E-state index contributed by atoms with van der Waals surface area (Å²) in [7, 11) is 0. The standard InChI is InChI=1S/C19H25N3O4/c20-17(23)14-3-1-2-12(10-14)11-22(16-8-9-16)19(26)21-15-6-4-13(5-7-15)18(24)25/h1-3,10,13,15-16H,4-9,11H2,(H2,20,23)(H,21,26)(H,24,25). The van der Waals surface area contributed by atoms with Gasteiger partial charge in [0.25, 0.3) is 0 Å². The fourth-order valence-corrected chi connectivity index (χ4v) is 3.51. The lowest BCUT2D eigenvalue weighted by Crippen LogP contribution is -2.47. The minimum atomic E-state index is -0.747. The first kappa shape index (κ1) is 18.2. The molecule has 0 aromatic heterocycles. The van der Waals surface area contributed by atoms with Gasteiger partial charge < -0.3 is 21.1 Å². The molecule has 0 radical (unpaired) electrons. The van der Waals surface area contributed by atoms with E-state index in [1.54, 1.807) is 18.2 Å². The summed E-state index contributed by atoms with van der Waals surface area (Å²) in [5, 5.41) is 12.1. The first-order chi connectivity index (χ1) is 12.4. The van der Waals surface area contributed by atoms with Gasteiger partial charge in [-0.15, -0.1) is 0 Å². The molecule has 4 N–H and O–H groups in total. The Labute approximate surface area is 152 Å². The molecule has 0 aliphatic heterocycles. The Balaban J connectivity index is 1.60. The molecular weight excluding hydrogens is 334 g/mol. The molecule has 2 fully saturated rings. The van der Waals surface area contributed by atoms with Crippen molar-refractivity contribution in [2.24, 2.45) is 11.7 Å². The molecule has 1 aromatic carbocycles. The fraction of sp³-hybridized carbons (Fsp3) is 0.526. The number of primary amides is 1. The van der Waals surface area contributed by atoms with Crippen molar-refractivity contribution >= 4 is 17.9 Å². The Morgan fingerprint density at radius 1 is 1.12 bits per heavy atom. The van der Waals surface area contributed by atoms with E-state index in [4.69, 9.17) is 10.8 Å². The van der Waals surface area contributed by atoms with Crippen molar-refractivity contribution in [1.29, 1.82) is 0 Å². The zero-order valence-electron chi connectivity index (χ0n) is 14.7. The van der Waals surface area contributed by atoms with Gasteiger partial charge in [-0.05, 0) is 56.2 Å². The molecule has 0 atom stereocenters.